The molecule has 1 saturated heterocycles. The van der Waals surface area contributed by atoms with Crippen LogP contribution in [0.3, 0.4) is 0 Å². The smallest absolute Gasteiger partial charge is 0.309 e. The predicted octanol–water partition coefficient (Wildman–Crippen LogP) is -1.64. The van der Waals surface area contributed by atoms with Gasteiger partial charge < -0.3 is 21.1 Å². The molecule has 86 valence electrons. The second-order valence-corrected chi connectivity index (χ2v) is 3.86. The quantitative estimate of drug-likeness (QED) is 0.492. The SMILES string of the molecule is CC1(NC(=O)C(=O)NCCN)CCOC1. The molecule has 0 saturated carbocycles. The molecule has 6 heteroatoms. The summed E-state index contributed by atoms with van der Waals surface area (Å²) < 4.78 is 5.16. The van der Waals surface area contributed by atoms with E-state index in [1.54, 1.807) is 0 Å². The van der Waals surface area contributed by atoms with E-state index in [2.05, 4.69) is 10.6 Å². The number of carbonyl (C=O) groups is 2. The Labute approximate surface area is 88.5 Å². The Balaban J connectivity index is 2.37. The van der Waals surface area contributed by atoms with Crippen LogP contribution in [0.15, 0.2) is 0 Å². The highest BCUT2D eigenvalue weighted by atomic mass is 16.5. The highest BCUT2D eigenvalue weighted by Gasteiger charge is 2.32. The van der Waals surface area contributed by atoms with Crippen LogP contribution in [-0.4, -0.2) is 43.7 Å². The Morgan fingerprint density at radius 1 is 1.47 bits per heavy atom. The largest absolute Gasteiger partial charge is 0.379 e. The summed E-state index contributed by atoms with van der Waals surface area (Å²) in [5.74, 6) is -1.27. The topological polar surface area (TPSA) is 93.5 Å². The molecule has 1 aliphatic rings. The number of amides is 2. The summed E-state index contributed by atoms with van der Waals surface area (Å²) in [5, 5.41) is 5.05. The van der Waals surface area contributed by atoms with Crippen LogP contribution < -0.4 is 16.4 Å². The van der Waals surface area contributed by atoms with Gasteiger partial charge in [-0.1, -0.05) is 0 Å². The molecule has 15 heavy (non-hydrogen) atoms. The molecule has 1 rings (SSSR count). The predicted molar refractivity (Wildman–Crippen MR) is 54.0 cm³/mol. The minimum absolute atomic E-state index is 0.305. The molecule has 1 atom stereocenters. The third kappa shape index (κ3) is 3.49. The molecule has 0 radical (unpaired) electrons. The number of carbonyl (C=O) groups excluding carboxylic acids is 2. The number of rotatable bonds is 3. The van der Waals surface area contributed by atoms with Gasteiger partial charge in [-0.2, -0.15) is 0 Å². The average Bonchev–Trinajstić information content (AvgIpc) is 2.61. The van der Waals surface area contributed by atoms with E-state index in [1.807, 2.05) is 6.92 Å². The molecule has 1 unspecified atom stereocenters. The van der Waals surface area contributed by atoms with Crippen molar-refractivity contribution in [1.82, 2.24) is 10.6 Å². The lowest BCUT2D eigenvalue weighted by atomic mass is 10.0. The molecule has 0 spiro atoms. The molecule has 0 bridgehead atoms. The average molecular weight is 215 g/mol. The van der Waals surface area contributed by atoms with Crippen LogP contribution in [0.1, 0.15) is 13.3 Å². The van der Waals surface area contributed by atoms with Crippen molar-refractivity contribution in [3.05, 3.63) is 0 Å². The first-order chi connectivity index (χ1) is 7.07. The Hall–Kier alpha value is -1.14. The van der Waals surface area contributed by atoms with Gasteiger partial charge in [-0.25, -0.2) is 0 Å². The standard InChI is InChI=1S/C9H17N3O3/c1-9(2-5-15-6-9)12-8(14)7(13)11-4-3-10/h2-6,10H2,1H3,(H,11,13)(H,12,14). The van der Waals surface area contributed by atoms with Gasteiger partial charge in [0.15, 0.2) is 0 Å². The summed E-state index contributed by atoms with van der Waals surface area (Å²) in [6.45, 7) is 3.54. The van der Waals surface area contributed by atoms with Gasteiger partial charge in [0.25, 0.3) is 0 Å². The Bertz CT molecular complexity index is 249. The summed E-state index contributed by atoms with van der Waals surface area (Å²) in [6, 6.07) is 0. The third-order valence-electron chi connectivity index (χ3n) is 2.27. The van der Waals surface area contributed by atoms with E-state index >= 15 is 0 Å². The highest BCUT2D eigenvalue weighted by Crippen LogP contribution is 2.16. The van der Waals surface area contributed by atoms with Crippen molar-refractivity contribution in [3.63, 3.8) is 0 Å². The summed E-state index contributed by atoms with van der Waals surface area (Å²) in [6.07, 6.45) is 0.725. The summed E-state index contributed by atoms with van der Waals surface area (Å²) in [7, 11) is 0. The van der Waals surface area contributed by atoms with E-state index in [0.29, 0.717) is 26.3 Å². The monoisotopic (exact) mass is 215 g/mol. The summed E-state index contributed by atoms with van der Waals surface area (Å²) in [4.78, 5) is 22.6. The molecular formula is C9H17N3O3. The van der Waals surface area contributed by atoms with E-state index in [1.165, 1.54) is 0 Å². The second-order valence-electron chi connectivity index (χ2n) is 3.86. The fourth-order valence-corrected chi connectivity index (χ4v) is 1.36. The van der Waals surface area contributed by atoms with E-state index in [0.717, 1.165) is 6.42 Å². The Morgan fingerprint density at radius 2 is 2.20 bits per heavy atom. The maximum atomic E-state index is 11.4. The van der Waals surface area contributed by atoms with E-state index in [4.69, 9.17) is 10.5 Å². The van der Waals surface area contributed by atoms with Crippen molar-refractivity contribution in [2.24, 2.45) is 5.73 Å². The maximum absolute atomic E-state index is 11.4. The Kier molecular flexibility index (Phi) is 4.05. The van der Waals surface area contributed by atoms with Crippen molar-refractivity contribution in [2.75, 3.05) is 26.3 Å². The summed E-state index contributed by atoms with van der Waals surface area (Å²) in [5.41, 5.74) is 4.78. The molecule has 0 aromatic heterocycles. The lowest BCUT2D eigenvalue weighted by molar-refractivity contribution is -0.140. The number of nitrogens with one attached hydrogen (secondary N) is 2. The van der Waals surface area contributed by atoms with Crippen LogP contribution in [0, 0.1) is 0 Å². The van der Waals surface area contributed by atoms with Gasteiger partial charge >= 0.3 is 11.8 Å². The second kappa shape index (κ2) is 5.09. The van der Waals surface area contributed by atoms with E-state index in [9.17, 15) is 9.59 Å². The Morgan fingerprint density at radius 3 is 2.73 bits per heavy atom. The van der Waals surface area contributed by atoms with Gasteiger partial charge in [0.05, 0.1) is 12.1 Å². The first-order valence-electron chi connectivity index (χ1n) is 4.95. The fraction of sp³-hybridized carbons (Fsp3) is 0.778. The van der Waals surface area contributed by atoms with Crippen LogP contribution in [0.2, 0.25) is 0 Å². The van der Waals surface area contributed by atoms with Crippen LogP contribution in [-0.2, 0) is 14.3 Å². The molecule has 0 aromatic carbocycles. The van der Waals surface area contributed by atoms with E-state index in [-0.39, 0.29) is 0 Å². The van der Waals surface area contributed by atoms with Gasteiger partial charge in [0.2, 0.25) is 0 Å². The number of hydrogen-bond donors (Lipinski definition) is 3. The van der Waals surface area contributed by atoms with Crippen molar-refractivity contribution < 1.29 is 14.3 Å². The molecule has 6 nitrogen and oxygen atoms in total. The maximum Gasteiger partial charge on any atom is 0.309 e. The molecule has 1 heterocycles. The zero-order chi connectivity index (χ0) is 11.3. The fourth-order valence-electron chi connectivity index (χ4n) is 1.36. The van der Waals surface area contributed by atoms with Crippen molar-refractivity contribution in [1.29, 1.82) is 0 Å². The van der Waals surface area contributed by atoms with Crippen molar-refractivity contribution >= 4 is 11.8 Å². The first kappa shape index (κ1) is 11.9. The normalized spacial score (nSPS) is 24.9. The van der Waals surface area contributed by atoms with Gasteiger partial charge in [-0.3, -0.25) is 9.59 Å². The van der Waals surface area contributed by atoms with Crippen LogP contribution in [0.4, 0.5) is 0 Å². The lowest BCUT2D eigenvalue weighted by Crippen LogP contribution is -2.52. The van der Waals surface area contributed by atoms with Gasteiger partial charge in [0, 0.05) is 19.7 Å². The zero-order valence-corrected chi connectivity index (χ0v) is 8.84. The van der Waals surface area contributed by atoms with Gasteiger partial charge in [0.1, 0.15) is 0 Å². The van der Waals surface area contributed by atoms with Crippen LogP contribution in [0.5, 0.6) is 0 Å². The van der Waals surface area contributed by atoms with Gasteiger partial charge in [-0.05, 0) is 13.3 Å². The third-order valence-corrected chi connectivity index (χ3v) is 2.27. The first-order valence-corrected chi connectivity index (χ1v) is 4.95. The lowest BCUT2D eigenvalue weighted by Gasteiger charge is -2.22. The zero-order valence-electron chi connectivity index (χ0n) is 8.84. The molecule has 0 aromatic rings. The minimum Gasteiger partial charge on any atom is -0.379 e. The van der Waals surface area contributed by atoms with Crippen LogP contribution in [0.25, 0.3) is 0 Å². The number of nitrogens with two attached hydrogens (primary N) is 1. The number of hydrogen-bond acceptors (Lipinski definition) is 4. The molecule has 4 N–H and O–H groups in total. The summed E-state index contributed by atoms with van der Waals surface area (Å²) >= 11 is 0. The van der Waals surface area contributed by atoms with Crippen LogP contribution >= 0.6 is 0 Å². The molecule has 0 aliphatic carbocycles. The molecule has 1 fully saturated rings. The molecular weight excluding hydrogens is 198 g/mol. The minimum atomic E-state index is -0.645. The van der Waals surface area contributed by atoms with Gasteiger partial charge in [-0.15, -0.1) is 0 Å². The van der Waals surface area contributed by atoms with E-state index < -0.39 is 17.4 Å². The molecule has 1 aliphatic heterocycles. The van der Waals surface area contributed by atoms with Crippen molar-refractivity contribution in [2.45, 2.75) is 18.9 Å². The number of ether oxygens (including phenoxy) is 1. The highest BCUT2D eigenvalue weighted by molar-refractivity contribution is 6.35. The van der Waals surface area contributed by atoms with Crippen molar-refractivity contribution in [3.8, 4) is 0 Å². The molecule has 2 amide bonds.